The smallest absolute Gasteiger partial charge is 0.199 e. The van der Waals surface area contributed by atoms with Gasteiger partial charge in [-0.15, -0.1) is 11.3 Å². The third-order valence-electron chi connectivity index (χ3n) is 2.38. The summed E-state index contributed by atoms with van der Waals surface area (Å²) in [6.07, 6.45) is 2.60. The Morgan fingerprint density at radius 2 is 2.21 bits per heavy atom. The molecule has 1 N–H and O–H groups in total. The van der Waals surface area contributed by atoms with Crippen molar-refractivity contribution in [1.29, 1.82) is 0 Å². The molecule has 1 aliphatic rings. The van der Waals surface area contributed by atoms with Crippen molar-refractivity contribution in [2.75, 3.05) is 18.5 Å². The zero-order valence-corrected chi connectivity index (χ0v) is 9.33. The van der Waals surface area contributed by atoms with Gasteiger partial charge in [-0.1, -0.05) is 11.3 Å². The van der Waals surface area contributed by atoms with Crippen molar-refractivity contribution in [3.8, 4) is 0 Å². The molecule has 5 heteroatoms. The molecule has 0 aromatic carbocycles. The van der Waals surface area contributed by atoms with E-state index in [1.54, 1.807) is 22.7 Å². The molecule has 0 radical (unpaired) electrons. The molecule has 3 nitrogen and oxygen atoms in total. The van der Waals surface area contributed by atoms with Crippen LogP contribution in [0.25, 0.3) is 9.53 Å². The van der Waals surface area contributed by atoms with E-state index in [-0.39, 0.29) is 0 Å². The molecule has 1 aliphatic heterocycles. The van der Waals surface area contributed by atoms with Gasteiger partial charge in [-0.2, -0.15) is 0 Å². The highest BCUT2D eigenvalue weighted by atomic mass is 32.1. The van der Waals surface area contributed by atoms with Gasteiger partial charge in [0, 0.05) is 13.1 Å². The Kier molecular flexibility index (Phi) is 2.15. The van der Waals surface area contributed by atoms with Gasteiger partial charge in [0.15, 0.2) is 5.13 Å². The number of nitrogens with zero attached hydrogens (tertiary/aromatic N) is 2. The van der Waals surface area contributed by atoms with Gasteiger partial charge in [0.1, 0.15) is 4.83 Å². The van der Waals surface area contributed by atoms with Gasteiger partial charge in [0.2, 0.25) is 0 Å². The Balaban J connectivity index is 1.80. The number of fused-ring (bicyclic) bond motifs is 1. The van der Waals surface area contributed by atoms with Crippen LogP contribution in [0.4, 0.5) is 5.13 Å². The minimum atomic E-state index is 1.04. The molecule has 0 amide bonds. The van der Waals surface area contributed by atoms with E-state index in [0.717, 1.165) is 23.1 Å². The lowest BCUT2D eigenvalue weighted by Crippen LogP contribution is -2.25. The van der Waals surface area contributed by atoms with Crippen molar-refractivity contribution in [2.24, 2.45) is 0 Å². The summed E-state index contributed by atoms with van der Waals surface area (Å²) in [6, 6.07) is 2.13. The van der Waals surface area contributed by atoms with E-state index in [2.05, 4.69) is 26.9 Å². The minimum absolute atomic E-state index is 1.04. The molecule has 0 unspecified atom stereocenters. The third-order valence-corrected chi connectivity index (χ3v) is 4.24. The van der Waals surface area contributed by atoms with Crippen LogP contribution in [-0.2, 0) is 0 Å². The number of hydrogen-bond donors (Lipinski definition) is 1. The maximum Gasteiger partial charge on any atom is 0.199 e. The average Bonchev–Trinajstić information content (AvgIpc) is 2.78. The fraction of sp³-hybridized carbons (Fsp3) is 0.444. The molecule has 14 heavy (non-hydrogen) atoms. The molecule has 1 saturated heterocycles. The monoisotopic (exact) mass is 225 g/mol. The molecular formula is C9H11N3S2. The lowest BCUT2D eigenvalue weighted by Gasteiger charge is -2.14. The second kappa shape index (κ2) is 3.49. The van der Waals surface area contributed by atoms with Crippen molar-refractivity contribution in [3.05, 3.63) is 11.4 Å². The number of aromatic nitrogens is 1. The number of thiazole rings is 1. The molecule has 2 aromatic heterocycles. The summed E-state index contributed by atoms with van der Waals surface area (Å²) in [5.74, 6) is 0. The van der Waals surface area contributed by atoms with Crippen LogP contribution in [0.3, 0.4) is 0 Å². The molecule has 0 saturated carbocycles. The van der Waals surface area contributed by atoms with Gasteiger partial charge in [0.25, 0.3) is 0 Å². The summed E-state index contributed by atoms with van der Waals surface area (Å²) in [5.41, 5.74) is 3.36. The van der Waals surface area contributed by atoms with E-state index >= 15 is 0 Å². The van der Waals surface area contributed by atoms with Crippen molar-refractivity contribution >= 4 is 37.3 Å². The standard InChI is InChI=1S/C9H11N3S2/c1-2-5-12(4-1)11-9-10-8-7(14-9)3-6-13-8/h3,6H,1-2,4-5H2,(H,10,11). The zero-order chi connectivity index (χ0) is 9.38. The highest BCUT2D eigenvalue weighted by Crippen LogP contribution is 2.30. The molecule has 0 atom stereocenters. The first-order valence-electron chi connectivity index (χ1n) is 4.77. The average molecular weight is 225 g/mol. The topological polar surface area (TPSA) is 28.2 Å². The van der Waals surface area contributed by atoms with E-state index in [9.17, 15) is 0 Å². The van der Waals surface area contributed by atoms with Crippen LogP contribution in [0, 0.1) is 0 Å². The molecule has 0 spiro atoms. The number of anilines is 1. The molecule has 0 bridgehead atoms. The summed E-state index contributed by atoms with van der Waals surface area (Å²) >= 11 is 3.44. The molecule has 3 rings (SSSR count). The predicted octanol–water partition coefficient (Wildman–Crippen LogP) is 2.78. The van der Waals surface area contributed by atoms with Gasteiger partial charge in [-0.3, -0.25) is 5.43 Å². The van der Waals surface area contributed by atoms with Crippen LogP contribution >= 0.6 is 22.7 Å². The van der Waals surface area contributed by atoms with Crippen LogP contribution in [0.1, 0.15) is 12.8 Å². The Morgan fingerprint density at radius 3 is 3.00 bits per heavy atom. The van der Waals surface area contributed by atoms with E-state index in [4.69, 9.17) is 0 Å². The lowest BCUT2D eigenvalue weighted by molar-refractivity contribution is 0.410. The van der Waals surface area contributed by atoms with Crippen LogP contribution in [0.2, 0.25) is 0 Å². The normalized spacial score (nSPS) is 18.0. The quantitative estimate of drug-likeness (QED) is 0.852. The fourth-order valence-electron chi connectivity index (χ4n) is 1.68. The van der Waals surface area contributed by atoms with Crippen molar-refractivity contribution < 1.29 is 0 Å². The summed E-state index contributed by atoms with van der Waals surface area (Å²) in [4.78, 5) is 5.67. The van der Waals surface area contributed by atoms with Crippen LogP contribution in [0.5, 0.6) is 0 Å². The van der Waals surface area contributed by atoms with Gasteiger partial charge >= 0.3 is 0 Å². The maximum absolute atomic E-state index is 4.52. The zero-order valence-electron chi connectivity index (χ0n) is 7.69. The van der Waals surface area contributed by atoms with Crippen LogP contribution < -0.4 is 5.43 Å². The Hall–Kier alpha value is -0.650. The van der Waals surface area contributed by atoms with Crippen LogP contribution in [-0.4, -0.2) is 23.1 Å². The molecule has 0 aliphatic carbocycles. The molecule has 1 fully saturated rings. The SMILES string of the molecule is c1cc2sc(NN3CCCC3)nc2s1. The number of rotatable bonds is 2. The van der Waals surface area contributed by atoms with Crippen molar-refractivity contribution in [1.82, 2.24) is 9.99 Å². The number of hydrazine groups is 1. The van der Waals surface area contributed by atoms with Gasteiger partial charge in [0.05, 0.1) is 4.70 Å². The van der Waals surface area contributed by atoms with E-state index in [1.165, 1.54) is 17.5 Å². The summed E-state index contributed by atoms with van der Waals surface area (Å²) in [6.45, 7) is 2.29. The first-order chi connectivity index (χ1) is 6.92. The summed E-state index contributed by atoms with van der Waals surface area (Å²) in [5, 5.41) is 5.38. The van der Waals surface area contributed by atoms with Crippen molar-refractivity contribution in [2.45, 2.75) is 12.8 Å². The summed E-state index contributed by atoms with van der Waals surface area (Å²) in [7, 11) is 0. The first kappa shape index (κ1) is 8.64. The lowest BCUT2D eigenvalue weighted by atomic mass is 10.4. The van der Waals surface area contributed by atoms with E-state index in [1.807, 2.05) is 0 Å². The second-order valence-corrected chi connectivity index (χ2v) is 5.34. The molecule has 2 aromatic rings. The highest BCUT2D eigenvalue weighted by molar-refractivity contribution is 7.28. The van der Waals surface area contributed by atoms with Crippen molar-refractivity contribution in [3.63, 3.8) is 0 Å². The second-order valence-electron chi connectivity index (χ2n) is 3.41. The fourth-order valence-corrected chi connectivity index (χ4v) is 3.54. The Bertz CT molecular complexity index is 399. The largest absolute Gasteiger partial charge is 0.294 e. The van der Waals surface area contributed by atoms with E-state index in [0.29, 0.717) is 0 Å². The Morgan fingerprint density at radius 1 is 1.36 bits per heavy atom. The molecule has 3 heterocycles. The van der Waals surface area contributed by atoms with Gasteiger partial charge in [-0.05, 0) is 24.3 Å². The number of thiophene rings is 1. The molecule has 74 valence electrons. The van der Waals surface area contributed by atoms with Gasteiger partial charge in [-0.25, -0.2) is 9.99 Å². The Labute approximate surface area is 90.3 Å². The molecular weight excluding hydrogens is 214 g/mol. The third kappa shape index (κ3) is 1.51. The summed E-state index contributed by atoms with van der Waals surface area (Å²) < 4.78 is 1.29. The number of nitrogens with one attached hydrogen (secondary N) is 1. The maximum atomic E-state index is 4.52. The highest BCUT2D eigenvalue weighted by Gasteiger charge is 2.13. The van der Waals surface area contributed by atoms with E-state index < -0.39 is 0 Å². The minimum Gasteiger partial charge on any atom is -0.294 e. The van der Waals surface area contributed by atoms with Crippen LogP contribution in [0.15, 0.2) is 11.4 Å². The van der Waals surface area contributed by atoms with Gasteiger partial charge < -0.3 is 0 Å². The first-order valence-corrected chi connectivity index (χ1v) is 6.47. The predicted molar refractivity (Wildman–Crippen MR) is 61.9 cm³/mol. The number of hydrogen-bond acceptors (Lipinski definition) is 5.